The number of hydrogen-bond acceptors (Lipinski definition) is 17. The largest absolute Gasteiger partial charge is 0.445 e. The summed E-state index contributed by atoms with van der Waals surface area (Å²) < 4.78 is 98.8. The highest BCUT2D eigenvalue weighted by Gasteiger charge is 2.54. The number of halogens is 4. The molecule has 8 aromatic carbocycles. The van der Waals surface area contributed by atoms with Gasteiger partial charge in [-0.15, -0.1) is 0 Å². The van der Waals surface area contributed by atoms with Crippen LogP contribution < -0.4 is 4.90 Å². The topological polar surface area (TPSA) is 298 Å². The fourth-order valence-corrected chi connectivity index (χ4v) is 19.8. The van der Waals surface area contributed by atoms with Crippen molar-refractivity contribution in [2.24, 2.45) is 0 Å². The third-order valence-corrected chi connectivity index (χ3v) is 26.0. The number of benzene rings is 8. The van der Waals surface area contributed by atoms with Crippen LogP contribution in [0.4, 0.5) is 42.4 Å². The lowest BCUT2D eigenvalue weighted by Crippen LogP contribution is -2.62. The van der Waals surface area contributed by atoms with Crippen molar-refractivity contribution in [2.75, 3.05) is 31.1 Å². The summed E-state index contributed by atoms with van der Waals surface area (Å²) in [5.74, 6) is -2.50. The van der Waals surface area contributed by atoms with Crippen LogP contribution in [0.15, 0.2) is 194 Å². The van der Waals surface area contributed by atoms with Gasteiger partial charge in [0, 0.05) is 94.8 Å². The zero-order valence-corrected chi connectivity index (χ0v) is 68.8. The number of aromatic nitrogens is 3. The summed E-state index contributed by atoms with van der Waals surface area (Å²) in [5, 5.41) is 69.4. The molecule has 7 aliphatic rings. The van der Waals surface area contributed by atoms with Crippen molar-refractivity contribution in [2.45, 2.75) is 215 Å². The fraction of sp³-hybridized carbons (Fsp3) is 0.396. The van der Waals surface area contributed by atoms with Crippen LogP contribution in [0.5, 0.6) is 0 Å². The van der Waals surface area contributed by atoms with E-state index in [0.29, 0.717) is 133 Å². The van der Waals surface area contributed by atoms with Gasteiger partial charge in [-0.05, 0) is 202 Å². The van der Waals surface area contributed by atoms with Crippen LogP contribution in [0, 0.1) is 23.3 Å². The number of rotatable bonds is 20. The van der Waals surface area contributed by atoms with E-state index in [2.05, 4.69) is 9.97 Å². The maximum Gasteiger partial charge on any atom is 0.410 e. The number of carbonyl (C=O) groups is 4. The Bertz CT molecular complexity index is 5630. The number of amides is 4. The van der Waals surface area contributed by atoms with Crippen molar-refractivity contribution in [3.8, 4) is 11.4 Å². The van der Waals surface area contributed by atoms with Crippen LogP contribution in [0.3, 0.4) is 0 Å². The highest BCUT2D eigenvalue weighted by Crippen LogP contribution is 2.56. The van der Waals surface area contributed by atoms with E-state index in [1.54, 1.807) is 67.2 Å². The smallest absolute Gasteiger partial charge is 0.410 e. The number of likely N-dealkylation sites (tertiary alicyclic amines) is 4. The SMILES string of the molecule is C[C@@H]1O[C@H](N2c3cc(F)ccc3C(C[C@@H]3CCCN3C(=O)OCc3ccccc3)C2c2[nH]c3cc(F)ccc3c2C[C@@H]2CCCN2C(=O)OCc2ccccc2)[C@@H](O)[C@H](O)[C@@H]1O.C[C@@H]1O[C@H](n2c(-c3[nH]c4cc(F)ccc4c3CC3CCCN3C(=O)OCc3ccccc3)c(C[C@@H]3CCCN3C(=O)OCc3ccccc3)c3ccc(F)cc32)[C@@H](O)[C@H](O)[C@@H]1O. The molecule has 10 heterocycles. The number of H-pyrrole nitrogens is 2. The summed E-state index contributed by atoms with van der Waals surface area (Å²) in [6.45, 7) is 5.54. The normalized spacial score (nSPS) is 25.6. The molecule has 24 nitrogen and oxygen atoms in total. The lowest BCUT2D eigenvalue weighted by Gasteiger charge is -2.46. The molecule has 0 saturated carbocycles. The van der Waals surface area contributed by atoms with Crippen LogP contribution in [-0.4, -0.2) is 195 Å². The van der Waals surface area contributed by atoms with E-state index >= 15 is 17.6 Å². The average Bonchev–Trinajstić information content (AvgIpc) is 1.57. The number of aliphatic hydroxyl groups is 6. The number of nitrogens with zero attached hydrogens (tertiary/aromatic N) is 6. The summed E-state index contributed by atoms with van der Waals surface area (Å²) in [5.41, 5.74) is 9.75. The molecule has 8 N–H and O–H groups in total. The minimum absolute atomic E-state index is 0.100. The van der Waals surface area contributed by atoms with Crippen molar-refractivity contribution >= 4 is 62.8 Å². The highest BCUT2D eigenvalue weighted by atomic mass is 19.1. The Kier molecular flexibility index (Phi) is 25.2. The third kappa shape index (κ3) is 17.4. The van der Waals surface area contributed by atoms with Gasteiger partial charge in [-0.1, -0.05) is 127 Å². The van der Waals surface area contributed by atoms with Crippen LogP contribution in [-0.2, 0) is 74.1 Å². The molecule has 0 spiro atoms. The molecule has 16 atom stereocenters. The molecule has 7 aliphatic heterocycles. The molecule has 4 amide bonds. The Balaban J connectivity index is 0.000000176. The van der Waals surface area contributed by atoms with Gasteiger partial charge in [-0.3, -0.25) is 0 Å². The van der Waals surface area contributed by atoms with Gasteiger partial charge in [0.05, 0.1) is 35.2 Å². The van der Waals surface area contributed by atoms with Gasteiger partial charge in [-0.25, -0.2) is 36.7 Å². The van der Waals surface area contributed by atoms with Gasteiger partial charge in [0.1, 0.15) is 86.3 Å². The zero-order chi connectivity index (χ0) is 86.1. The first kappa shape index (κ1) is 84.9. The Labute approximate surface area is 714 Å². The van der Waals surface area contributed by atoms with E-state index in [4.69, 9.17) is 28.4 Å². The Morgan fingerprint density at radius 1 is 0.411 bits per heavy atom. The number of fused-ring (bicyclic) bond motifs is 4. The second-order valence-electron chi connectivity index (χ2n) is 33.8. The molecule has 3 aromatic heterocycles. The van der Waals surface area contributed by atoms with Crippen molar-refractivity contribution in [1.29, 1.82) is 0 Å². The van der Waals surface area contributed by atoms with E-state index < -0.39 is 121 Å². The van der Waals surface area contributed by atoms with Crippen LogP contribution in [0.2, 0.25) is 0 Å². The van der Waals surface area contributed by atoms with Gasteiger partial charge in [0.25, 0.3) is 0 Å². The van der Waals surface area contributed by atoms with E-state index in [1.165, 1.54) is 48.5 Å². The molecule has 6 saturated heterocycles. The van der Waals surface area contributed by atoms with Crippen molar-refractivity contribution in [3.05, 3.63) is 268 Å². The molecule has 3 unspecified atom stereocenters. The fourth-order valence-electron chi connectivity index (χ4n) is 19.8. The van der Waals surface area contributed by atoms with Crippen LogP contribution >= 0.6 is 0 Å². The quantitative estimate of drug-likeness (QED) is 0.0260. The van der Waals surface area contributed by atoms with E-state index in [0.717, 1.165) is 63.6 Å². The predicted octanol–water partition coefficient (Wildman–Crippen LogP) is 15.2. The summed E-state index contributed by atoms with van der Waals surface area (Å²) in [4.78, 5) is 70.6. The lowest BCUT2D eigenvalue weighted by atomic mass is 9.84. The molecule has 28 heteroatoms. The van der Waals surface area contributed by atoms with E-state index in [9.17, 15) is 49.8 Å². The molecule has 18 rings (SSSR count). The first-order chi connectivity index (χ1) is 60.1. The number of carbonyl (C=O) groups excluding carboxylic acids is 4. The predicted molar refractivity (Wildman–Crippen MR) is 453 cm³/mol. The minimum Gasteiger partial charge on any atom is -0.445 e. The Morgan fingerprint density at radius 3 is 1.27 bits per heavy atom. The van der Waals surface area contributed by atoms with Gasteiger partial charge < -0.3 is 98.1 Å². The van der Waals surface area contributed by atoms with Gasteiger partial charge in [0.15, 0.2) is 12.5 Å². The molecule has 11 aromatic rings. The molecular formula is C96H102F4N8O16. The van der Waals surface area contributed by atoms with Crippen molar-refractivity contribution in [1.82, 2.24) is 34.1 Å². The van der Waals surface area contributed by atoms with Crippen LogP contribution in [0.25, 0.3) is 44.1 Å². The number of aromatic amines is 2. The summed E-state index contributed by atoms with van der Waals surface area (Å²) >= 11 is 0. The van der Waals surface area contributed by atoms with Crippen molar-refractivity contribution < 1.29 is 95.8 Å². The molecule has 124 heavy (non-hydrogen) atoms. The Morgan fingerprint density at radius 2 is 0.790 bits per heavy atom. The first-order valence-electron chi connectivity index (χ1n) is 42.9. The second-order valence-corrected chi connectivity index (χ2v) is 33.8. The zero-order valence-electron chi connectivity index (χ0n) is 68.8. The first-order valence-corrected chi connectivity index (χ1v) is 42.9. The molecule has 6 fully saturated rings. The summed E-state index contributed by atoms with van der Waals surface area (Å²) in [7, 11) is 0. The van der Waals surface area contributed by atoms with Gasteiger partial charge in [-0.2, -0.15) is 0 Å². The lowest BCUT2D eigenvalue weighted by molar-refractivity contribution is -0.238. The molecule has 650 valence electrons. The maximum absolute atomic E-state index is 15.5. The number of anilines is 1. The summed E-state index contributed by atoms with van der Waals surface area (Å²) in [6, 6.07) is 53.6. The standard InChI is InChI=1S/C48H52F2N4O8.C48H50F2N4O8/c2*1-28-43(55)44(56)45(57)46(62-28)54-40-23-32(50)17-19-36(40)38(25-34-15-9-21-53(34)48(59)61-27-30-12-6-3-7-13-30)42(54)41-37(35-18-16-31(49)22-39(35)51-41)24-33-14-8-20-52(33)47(58)60-26-29-10-4-2-5-11-29/h2-7,10-13,16-19,22-23,28,33-34,38,42-46,51,55-57H,8-9,14-15,20-21,24-27H2,1H3;2-7,10-13,16-19,22-23,28,33-34,43-46,51,55-57H,8-9,14-15,20-21,24-27H2,1H3/t28-,33-,34-,38?,42?,43+,44+,45-,46-;28-,33?,34-,43+,44+,45-,46-/m00/s1. The number of hydrogen-bond donors (Lipinski definition) is 8. The Hall–Kier alpha value is -11.3. The van der Waals surface area contributed by atoms with E-state index in [-0.39, 0.29) is 57.0 Å². The minimum atomic E-state index is -1.66. The van der Waals surface area contributed by atoms with Crippen molar-refractivity contribution in [3.63, 3.8) is 0 Å². The molecule has 0 bridgehead atoms. The highest BCUT2D eigenvalue weighted by molar-refractivity contribution is 5.97. The van der Waals surface area contributed by atoms with Gasteiger partial charge >= 0.3 is 24.4 Å². The molecule has 0 radical (unpaired) electrons. The average molecular weight is 1700 g/mol. The van der Waals surface area contributed by atoms with E-state index in [1.807, 2.05) is 121 Å². The monoisotopic (exact) mass is 1700 g/mol. The number of aliphatic hydroxyl groups excluding tert-OH is 6. The number of nitrogens with one attached hydrogen (secondary N) is 2. The second kappa shape index (κ2) is 36.8. The van der Waals surface area contributed by atoms with Gasteiger partial charge in [0.2, 0.25) is 0 Å². The third-order valence-electron chi connectivity index (χ3n) is 26.0. The van der Waals surface area contributed by atoms with Crippen LogP contribution in [0.1, 0.15) is 140 Å². The molecular weight excluding hydrogens is 1600 g/mol. The summed E-state index contributed by atoms with van der Waals surface area (Å²) in [6.07, 6.45) is -8.52. The maximum atomic E-state index is 15.5. The number of ether oxygens (including phenoxy) is 6. The molecule has 0 aliphatic carbocycles.